The fourth-order valence-electron chi connectivity index (χ4n) is 1.46. The monoisotopic (exact) mass is 283 g/mol. The Bertz CT molecular complexity index is 401. The van der Waals surface area contributed by atoms with Crippen molar-refractivity contribution in [3.63, 3.8) is 0 Å². The zero-order chi connectivity index (χ0) is 13.8. The molecule has 2 nitrogen and oxygen atoms in total. The summed E-state index contributed by atoms with van der Waals surface area (Å²) < 4.78 is 5.19. The van der Waals surface area contributed by atoms with Gasteiger partial charge >= 0.3 is 0 Å². The lowest BCUT2D eigenvalue weighted by molar-refractivity contribution is 0.414. The molecule has 0 fully saturated rings. The molecule has 0 aromatic heterocycles. The lowest BCUT2D eigenvalue weighted by Crippen LogP contribution is -2.35. The van der Waals surface area contributed by atoms with Gasteiger partial charge in [-0.2, -0.15) is 11.8 Å². The highest BCUT2D eigenvalue weighted by Gasteiger charge is 2.28. The van der Waals surface area contributed by atoms with Crippen LogP contribution < -0.4 is 10.5 Å². The third-order valence-corrected chi connectivity index (χ3v) is 5.17. The molecule has 0 saturated carbocycles. The lowest BCUT2D eigenvalue weighted by atomic mass is 9.97. The van der Waals surface area contributed by atoms with E-state index >= 15 is 0 Å². The third kappa shape index (κ3) is 4.18. The quantitative estimate of drug-likeness (QED) is 0.809. The second-order valence-corrected chi connectivity index (χ2v) is 6.97. The first-order valence-corrected chi connectivity index (χ1v) is 7.32. The maximum Gasteiger partial charge on any atom is 0.118 e. The van der Waals surface area contributed by atoms with Crippen molar-refractivity contribution in [1.29, 1.82) is 0 Å². The van der Waals surface area contributed by atoms with Crippen molar-refractivity contribution < 1.29 is 4.74 Å². The predicted octanol–water partition coefficient (Wildman–Crippen LogP) is 3.63. The Kier molecular flexibility index (Phi) is 5.47. The van der Waals surface area contributed by atoms with E-state index in [4.69, 9.17) is 22.7 Å². The number of thiocarbonyl (C=S) groups is 1. The highest BCUT2D eigenvalue weighted by Crippen LogP contribution is 2.35. The van der Waals surface area contributed by atoms with Gasteiger partial charge in [-0.3, -0.25) is 0 Å². The normalized spacial score (nSPS) is 13.1. The van der Waals surface area contributed by atoms with Crippen LogP contribution in [0.4, 0.5) is 0 Å². The summed E-state index contributed by atoms with van der Waals surface area (Å²) in [5.41, 5.74) is 7.01. The van der Waals surface area contributed by atoms with E-state index in [1.807, 2.05) is 23.9 Å². The van der Waals surface area contributed by atoms with Crippen LogP contribution in [-0.2, 0) is 5.75 Å². The van der Waals surface area contributed by atoms with E-state index in [9.17, 15) is 0 Å². The molecule has 0 aliphatic carbocycles. The summed E-state index contributed by atoms with van der Waals surface area (Å²) >= 11 is 6.95. The van der Waals surface area contributed by atoms with Crippen LogP contribution in [-0.4, -0.2) is 16.8 Å². The van der Waals surface area contributed by atoms with E-state index in [0.717, 1.165) is 11.5 Å². The highest BCUT2D eigenvalue weighted by atomic mass is 32.2. The van der Waals surface area contributed by atoms with E-state index in [2.05, 4.69) is 32.9 Å². The number of hydrogen-bond donors (Lipinski definition) is 1. The van der Waals surface area contributed by atoms with Crippen LogP contribution in [0.1, 0.15) is 26.3 Å². The van der Waals surface area contributed by atoms with Gasteiger partial charge in [0.15, 0.2) is 0 Å². The molecule has 0 saturated heterocycles. The zero-order valence-corrected chi connectivity index (χ0v) is 13.0. The van der Waals surface area contributed by atoms with Crippen LogP contribution in [0.15, 0.2) is 24.3 Å². The van der Waals surface area contributed by atoms with Crippen LogP contribution in [0.3, 0.4) is 0 Å². The van der Waals surface area contributed by atoms with Crippen molar-refractivity contribution in [2.45, 2.75) is 31.3 Å². The first kappa shape index (κ1) is 15.3. The van der Waals surface area contributed by atoms with Gasteiger partial charge in [-0.05, 0) is 17.7 Å². The number of thioether (sulfide) groups is 1. The molecular weight excluding hydrogens is 262 g/mol. The summed E-state index contributed by atoms with van der Waals surface area (Å²) in [4.78, 5) is 0.585. The van der Waals surface area contributed by atoms with Crippen molar-refractivity contribution in [2.75, 3.05) is 7.11 Å². The van der Waals surface area contributed by atoms with Crippen LogP contribution in [0.2, 0.25) is 0 Å². The average molecular weight is 283 g/mol. The van der Waals surface area contributed by atoms with Gasteiger partial charge in [0, 0.05) is 16.4 Å². The molecule has 1 rings (SSSR count). The van der Waals surface area contributed by atoms with Crippen LogP contribution in [0, 0.1) is 5.92 Å². The van der Waals surface area contributed by atoms with Gasteiger partial charge in [0.1, 0.15) is 5.75 Å². The van der Waals surface area contributed by atoms with Gasteiger partial charge < -0.3 is 10.5 Å². The van der Waals surface area contributed by atoms with Crippen molar-refractivity contribution in [3.8, 4) is 5.75 Å². The summed E-state index contributed by atoms with van der Waals surface area (Å²) in [7, 11) is 1.68. The van der Waals surface area contributed by atoms with Gasteiger partial charge in [0.25, 0.3) is 0 Å². The number of nitrogens with two attached hydrogens (primary N) is 1. The Balaban J connectivity index is 2.60. The van der Waals surface area contributed by atoms with Crippen LogP contribution in [0.5, 0.6) is 5.75 Å². The van der Waals surface area contributed by atoms with Crippen molar-refractivity contribution in [1.82, 2.24) is 0 Å². The minimum absolute atomic E-state index is 0.0474. The van der Waals surface area contributed by atoms with Crippen molar-refractivity contribution in [2.24, 2.45) is 11.7 Å². The molecule has 4 heteroatoms. The molecule has 2 N–H and O–H groups in total. The number of methoxy groups -OCH3 is 1. The Morgan fingerprint density at radius 1 is 1.39 bits per heavy atom. The standard InChI is InChI=1S/C14H21NOS2/c1-10(13(15)17)14(2,3)18-9-11-5-7-12(16-4)8-6-11/h5-8,10H,9H2,1-4H3,(H2,15,17)/t10-/m1/s1. The summed E-state index contributed by atoms with van der Waals surface area (Å²) in [5, 5.41) is 0. The second kappa shape index (κ2) is 6.43. The van der Waals surface area contributed by atoms with Crippen molar-refractivity contribution >= 4 is 29.0 Å². The molecule has 0 heterocycles. The first-order chi connectivity index (χ1) is 8.36. The molecule has 0 radical (unpaired) electrons. The SMILES string of the molecule is COc1ccc(CSC(C)(C)[C@H](C)C(N)=S)cc1. The average Bonchev–Trinajstić information content (AvgIpc) is 2.36. The Labute approximate surface area is 119 Å². The second-order valence-electron chi connectivity index (χ2n) is 4.86. The summed E-state index contributed by atoms with van der Waals surface area (Å²) in [6.07, 6.45) is 0. The number of hydrogen-bond acceptors (Lipinski definition) is 3. The largest absolute Gasteiger partial charge is 0.497 e. The minimum Gasteiger partial charge on any atom is -0.497 e. The van der Waals surface area contributed by atoms with Gasteiger partial charge in [-0.25, -0.2) is 0 Å². The van der Waals surface area contributed by atoms with E-state index in [1.54, 1.807) is 7.11 Å². The fourth-order valence-corrected chi connectivity index (χ4v) is 2.94. The summed E-state index contributed by atoms with van der Waals surface area (Å²) in [5.74, 6) is 2.06. The smallest absolute Gasteiger partial charge is 0.118 e. The Hall–Kier alpha value is -0.740. The van der Waals surface area contributed by atoms with E-state index in [0.29, 0.717) is 4.99 Å². The van der Waals surface area contributed by atoms with Crippen LogP contribution >= 0.6 is 24.0 Å². The van der Waals surface area contributed by atoms with Gasteiger partial charge in [0.2, 0.25) is 0 Å². The number of ether oxygens (including phenoxy) is 1. The predicted molar refractivity (Wildman–Crippen MR) is 84.3 cm³/mol. The fraction of sp³-hybridized carbons (Fsp3) is 0.500. The molecule has 0 bridgehead atoms. The van der Waals surface area contributed by atoms with Gasteiger partial charge in [0.05, 0.1) is 12.1 Å². The molecular formula is C14H21NOS2. The van der Waals surface area contributed by atoms with Gasteiger partial charge in [-0.1, -0.05) is 45.1 Å². The maximum absolute atomic E-state index is 5.73. The maximum atomic E-state index is 5.73. The van der Waals surface area contributed by atoms with Gasteiger partial charge in [-0.15, -0.1) is 0 Å². The molecule has 0 aliphatic heterocycles. The van der Waals surface area contributed by atoms with E-state index in [-0.39, 0.29) is 10.7 Å². The molecule has 100 valence electrons. The lowest BCUT2D eigenvalue weighted by Gasteiger charge is -2.30. The molecule has 0 unspecified atom stereocenters. The van der Waals surface area contributed by atoms with Crippen molar-refractivity contribution in [3.05, 3.63) is 29.8 Å². The molecule has 18 heavy (non-hydrogen) atoms. The Morgan fingerprint density at radius 3 is 2.39 bits per heavy atom. The van der Waals surface area contributed by atoms with Crippen LogP contribution in [0.25, 0.3) is 0 Å². The third-order valence-electron chi connectivity index (χ3n) is 3.24. The Morgan fingerprint density at radius 2 is 1.94 bits per heavy atom. The summed E-state index contributed by atoms with van der Waals surface area (Å²) in [6, 6.07) is 8.15. The first-order valence-electron chi connectivity index (χ1n) is 5.93. The molecule has 1 aromatic rings. The molecule has 0 spiro atoms. The molecule has 1 aromatic carbocycles. The van der Waals surface area contributed by atoms with E-state index < -0.39 is 0 Å². The molecule has 1 atom stereocenters. The molecule has 0 amide bonds. The highest BCUT2D eigenvalue weighted by molar-refractivity contribution is 7.99. The minimum atomic E-state index is 0.0474. The number of benzene rings is 1. The number of rotatable bonds is 6. The van der Waals surface area contributed by atoms with E-state index in [1.165, 1.54) is 5.56 Å². The summed E-state index contributed by atoms with van der Waals surface area (Å²) in [6.45, 7) is 6.46. The zero-order valence-electron chi connectivity index (χ0n) is 11.4. The molecule has 0 aliphatic rings. The topological polar surface area (TPSA) is 35.2 Å².